The van der Waals surface area contributed by atoms with E-state index in [0.29, 0.717) is 10.4 Å². The Morgan fingerprint density at radius 3 is 2.41 bits per heavy atom. The zero-order valence-electron chi connectivity index (χ0n) is 17.5. The second-order valence-electron chi connectivity index (χ2n) is 6.84. The second kappa shape index (κ2) is 8.82. The van der Waals surface area contributed by atoms with Crippen molar-refractivity contribution in [2.75, 3.05) is 14.2 Å². The van der Waals surface area contributed by atoms with Gasteiger partial charge in [0, 0.05) is 0 Å². The van der Waals surface area contributed by atoms with Gasteiger partial charge in [0.15, 0.2) is 11.5 Å². The molecule has 176 valence electrons. The molecule has 0 saturated heterocycles. The van der Waals surface area contributed by atoms with Crippen LogP contribution in [-0.2, 0) is 10.9 Å². The van der Waals surface area contributed by atoms with E-state index >= 15 is 0 Å². The van der Waals surface area contributed by atoms with Crippen LogP contribution in [0.2, 0.25) is 5.02 Å². The van der Waals surface area contributed by atoms with Gasteiger partial charge in [0.1, 0.15) is 22.8 Å². The van der Waals surface area contributed by atoms with Crippen molar-refractivity contribution >= 4 is 17.6 Å². The summed E-state index contributed by atoms with van der Waals surface area (Å²) in [6.07, 6.45) is -4.06. The van der Waals surface area contributed by atoms with Gasteiger partial charge in [-0.15, -0.1) is 0 Å². The van der Waals surface area contributed by atoms with E-state index in [2.05, 4.69) is 10.3 Å². The Morgan fingerprint density at radius 2 is 1.82 bits per heavy atom. The van der Waals surface area contributed by atoms with E-state index in [0.717, 1.165) is 19.4 Å². The minimum Gasteiger partial charge on any atom is -0.497 e. The van der Waals surface area contributed by atoms with Crippen molar-refractivity contribution < 1.29 is 36.4 Å². The van der Waals surface area contributed by atoms with E-state index in [4.69, 9.17) is 25.6 Å². The predicted octanol–water partition coefficient (Wildman–Crippen LogP) is 5.80. The SMILES string of the molecule is COC(=O)c1c(-c2c(F)cccc2Cl)noc1-c1cnn(-c2ccc(OC)cc2)c1C(F)(F)F. The molecule has 0 aliphatic rings. The number of aromatic nitrogens is 3. The number of rotatable bonds is 5. The van der Waals surface area contributed by atoms with Crippen LogP contribution >= 0.6 is 11.6 Å². The lowest BCUT2D eigenvalue weighted by molar-refractivity contribution is -0.142. The fourth-order valence-electron chi connectivity index (χ4n) is 3.37. The van der Waals surface area contributed by atoms with Crippen LogP contribution in [0.3, 0.4) is 0 Å². The molecule has 0 unspecified atom stereocenters. The minimum atomic E-state index is -4.93. The van der Waals surface area contributed by atoms with Crippen LogP contribution in [0.1, 0.15) is 16.1 Å². The molecule has 0 bridgehead atoms. The average Bonchev–Trinajstić information content (AvgIpc) is 3.43. The van der Waals surface area contributed by atoms with Gasteiger partial charge in [-0.3, -0.25) is 0 Å². The van der Waals surface area contributed by atoms with Crippen LogP contribution in [0.15, 0.2) is 53.2 Å². The number of benzene rings is 2. The number of alkyl halides is 3. The molecule has 0 N–H and O–H groups in total. The molecule has 4 aromatic rings. The summed E-state index contributed by atoms with van der Waals surface area (Å²) in [5, 5.41) is 7.37. The predicted molar refractivity (Wildman–Crippen MR) is 112 cm³/mol. The Morgan fingerprint density at radius 1 is 1.12 bits per heavy atom. The summed E-state index contributed by atoms with van der Waals surface area (Å²) in [4.78, 5) is 12.6. The van der Waals surface area contributed by atoms with E-state index in [1.165, 1.54) is 43.5 Å². The van der Waals surface area contributed by atoms with Crippen molar-refractivity contribution in [1.82, 2.24) is 14.9 Å². The van der Waals surface area contributed by atoms with Gasteiger partial charge < -0.3 is 14.0 Å². The number of ether oxygens (including phenoxy) is 2. The highest BCUT2D eigenvalue weighted by atomic mass is 35.5. The van der Waals surface area contributed by atoms with Crippen molar-refractivity contribution in [2.24, 2.45) is 0 Å². The molecule has 0 radical (unpaired) electrons. The molecule has 0 aliphatic heterocycles. The first-order valence-corrected chi connectivity index (χ1v) is 9.87. The normalized spacial score (nSPS) is 11.5. The Balaban J connectivity index is 1.97. The summed E-state index contributed by atoms with van der Waals surface area (Å²) in [5.74, 6) is -2.13. The first-order chi connectivity index (χ1) is 16.2. The molecule has 0 aliphatic carbocycles. The molecule has 2 heterocycles. The molecule has 0 fully saturated rings. The Labute approximate surface area is 194 Å². The van der Waals surface area contributed by atoms with Gasteiger partial charge in [-0.05, 0) is 36.4 Å². The van der Waals surface area contributed by atoms with Crippen molar-refractivity contribution in [3.05, 3.63) is 70.8 Å². The highest BCUT2D eigenvalue weighted by Gasteiger charge is 2.42. The topological polar surface area (TPSA) is 79.4 Å². The van der Waals surface area contributed by atoms with Gasteiger partial charge in [0.25, 0.3) is 0 Å². The third kappa shape index (κ3) is 3.98. The number of carbonyl (C=O) groups excluding carboxylic acids is 1. The zero-order chi connectivity index (χ0) is 24.6. The third-order valence-corrected chi connectivity index (χ3v) is 5.20. The van der Waals surface area contributed by atoms with E-state index in [-0.39, 0.29) is 16.3 Å². The van der Waals surface area contributed by atoms with Crippen LogP contribution in [0, 0.1) is 5.82 Å². The van der Waals surface area contributed by atoms with Crippen LogP contribution in [0.5, 0.6) is 5.75 Å². The maximum atomic E-state index is 14.5. The number of hydrogen-bond acceptors (Lipinski definition) is 6. The maximum Gasteiger partial charge on any atom is 0.434 e. The van der Waals surface area contributed by atoms with Crippen LogP contribution < -0.4 is 4.74 Å². The van der Waals surface area contributed by atoms with E-state index in [1.54, 1.807) is 0 Å². The summed E-state index contributed by atoms with van der Waals surface area (Å²) in [6, 6.07) is 9.37. The molecule has 12 heteroatoms. The molecule has 7 nitrogen and oxygen atoms in total. The minimum absolute atomic E-state index is 0.0656. The summed E-state index contributed by atoms with van der Waals surface area (Å²) < 4.78 is 72.6. The molecule has 0 saturated carbocycles. The fourth-order valence-corrected chi connectivity index (χ4v) is 3.62. The number of halogens is 5. The first kappa shape index (κ1) is 23.3. The lowest BCUT2D eigenvalue weighted by Crippen LogP contribution is -2.15. The highest BCUT2D eigenvalue weighted by Crippen LogP contribution is 2.43. The van der Waals surface area contributed by atoms with Crippen molar-refractivity contribution in [3.63, 3.8) is 0 Å². The van der Waals surface area contributed by atoms with E-state index < -0.39 is 46.2 Å². The number of methoxy groups -OCH3 is 2. The smallest absolute Gasteiger partial charge is 0.434 e. The number of nitrogens with zero attached hydrogens (tertiary/aromatic N) is 3. The molecule has 4 rings (SSSR count). The molecular weight excluding hydrogens is 482 g/mol. The van der Waals surface area contributed by atoms with Gasteiger partial charge in [-0.25, -0.2) is 13.9 Å². The molecular formula is C22H14ClF4N3O4. The zero-order valence-corrected chi connectivity index (χ0v) is 18.2. The molecule has 2 aromatic carbocycles. The molecule has 2 aromatic heterocycles. The molecule has 34 heavy (non-hydrogen) atoms. The first-order valence-electron chi connectivity index (χ1n) is 9.49. The summed E-state index contributed by atoms with van der Waals surface area (Å²) in [5.41, 5.74) is -3.05. The quantitative estimate of drug-likeness (QED) is 0.257. The molecule has 0 amide bonds. The van der Waals surface area contributed by atoms with Crippen molar-refractivity contribution in [3.8, 4) is 34.0 Å². The van der Waals surface area contributed by atoms with Gasteiger partial charge in [-0.2, -0.15) is 18.3 Å². The standard InChI is InChI=1S/C22H14ClF4N3O4/c1-32-12-8-6-11(7-9-12)30-20(22(25,26)27)13(10-28-30)19-17(21(31)33-2)18(29-34-19)16-14(23)4-3-5-15(16)24/h3-10H,1-2H3. The lowest BCUT2D eigenvalue weighted by atomic mass is 10.0. The second-order valence-corrected chi connectivity index (χ2v) is 7.25. The Kier molecular flexibility index (Phi) is 6.05. The molecule has 0 spiro atoms. The molecule has 0 atom stereocenters. The number of esters is 1. The summed E-state index contributed by atoms with van der Waals surface area (Å²) in [6.45, 7) is 0. The average molecular weight is 496 g/mol. The number of carbonyl (C=O) groups is 1. The third-order valence-electron chi connectivity index (χ3n) is 4.88. The van der Waals surface area contributed by atoms with E-state index in [9.17, 15) is 22.4 Å². The summed E-state index contributed by atoms with van der Waals surface area (Å²) >= 11 is 6.07. The van der Waals surface area contributed by atoms with Gasteiger partial charge in [0.05, 0.1) is 42.3 Å². The van der Waals surface area contributed by atoms with E-state index in [1.807, 2.05) is 0 Å². The summed E-state index contributed by atoms with van der Waals surface area (Å²) in [7, 11) is 2.43. The van der Waals surface area contributed by atoms with Gasteiger partial charge in [0.2, 0.25) is 0 Å². The maximum absolute atomic E-state index is 14.5. The van der Waals surface area contributed by atoms with Crippen molar-refractivity contribution in [1.29, 1.82) is 0 Å². The van der Waals surface area contributed by atoms with Crippen LogP contribution in [-0.4, -0.2) is 35.1 Å². The van der Waals surface area contributed by atoms with Gasteiger partial charge in [-0.1, -0.05) is 22.8 Å². The lowest BCUT2D eigenvalue weighted by Gasteiger charge is -2.13. The largest absolute Gasteiger partial charge is 0.497 e. The van der Waals surface area contributed by atoms with Crippen molar-refractivity contribution in [2.45, 2.75) is 6.18 Å². The Hall–Kier alpha value is -3.86. The Bertz CT molecular complexity index is 1340. The monoisotopic (exact) mass is 495 g/mol. The highest BCUT2D eigenvalue weighted by molar-refractivity contribution is 6.33. The number of hydrogen-bond donors (Lipinski definition) is 0. The van der Waals surface area contributed by atoms with Crippen LogP contribution in [0.4, 0.5) is 17.6 Å². The van der Waals surface area contributed by atoms with Gasteiger partial charge >= 0.3 is 12.1 Å². The fraction of sp³-hybridized carbons (Fsp3) is 0.136. The van der Waals surface area contributed by atoms with Crippen LogP contribution in [0.25, 0.3) is 28.3 Å².